The van der Waals surface area contributed by atoms with Crippen LogP contribution in [0, 0.1) is 31.6 Å². The Hall–Kier alpha value is -2.32. The van der Waals surface area contributed by atoms with E-state index in [4.69, 9.17) is 4.74 Å². The summed E-state index contributed by atoms with van der Waals surface area (Å²) in [5.74, 6) is -1.74. The molecule has 2 amide bonds. The molecule has 8 heteroatoms. The quantitative estimate of drug-likeness (QED) is 0.414. The summed E-state index contributed by atoms with van der Waals surface area (Å²) < 4.78 is 4.69. The van der Waals surface area contributed by atoms with Gasteiger partial charge in [-0.3, -0.25) is 14.4 Å². The summed E-state index contributed by atoms with van der Waals surface area (Å²) in [6, 6.07) is 5.27. The van der Waals surface area contributed by atoms with Crippen LogP contribution in [-0.2, 0) is 19.1 Å². The highest BCUT2D eigenvalue weighted by atomic mass is 32.2. The average Bonchev–Trinajstić information content (AvgIpc) is 3.41. The molecule has 190 valence electrons. The number of likely N-dealkylation sites (tertiary alicyclic amines) is 1. The first kappa shape index (κ1) is 25.8. The minimum Gasteiger partial charge on any atom is -0.466 e. The number of thioether (sulfide) groups is 1. The molecule has 6 atom stereocenters. The van der Waals surface area contributed by atoms with Gasteiger partial charge in [-0.1, -0.05) is 25.1 Å². The van der Waals surface area contributed by atoms with Gasteiger partial charge >= 0.3 is 5.97 Å². The van der Waals surface area contributed by atoms with E-state index in [-0.39, 0.29) is 48.7 Å². The molecule has 4 rings (SSSR count). The molecule has 0 radical (unpaired) electrons. The fourth-order valence-electron chi connectivity index (χ4n) is 6.38. The first-order valence-corrected chi connectivity index (χ1v) is 13.4. The molecular weight excluding hydrogens is 464 g/mol. The molecule has 1 N–H and O–H groups in total. The molecule has 7 nitrogen and oxygen atoms in total. The highest BCUT2D eigenvalue weighted by Crippen LogP contribution is 2.68. The first-order chi connectivity index (χ1) is 16.7. The Bertz CT molecular complexity index is 1030. The third kappa shape index (κ3) is 3.99. The van der Waals surface area contributed by atoms with Gasteiger partial charge in [0.15, 0.2) is 0 Å². The fraction of sp³-hybridized carbons (Fsp3) is 0.593. The average molecular weight is 501 g/mol. The van der Waals surface area contributed by atoms with Crippen LogP contribution in [0.3, 0.4) is 0 Å². The van der Waals surface area contributed by atoms with Crippen molar-refractivity contribution >= 4 is 35.2 Å². The number of hydrogen-bond acceptors (Lipinski definition) is 6. The van der Waals surface area contributed by atoms with E-state index in [2.05, 4.69) is 13.5 Å². The van der Waals surface area contributed by atoms with Crippen LogP contribution in [0.25, 0.3) is 0 Å². The van der Waals surface area contributed by atoms with Gasteiger partial charge in [-0.25, -0.2) is 0 Å². The van der Waals surface area contributed by atoms with E-state index < -0.39 is 22.6 Å². The summed E-state index contributed by atoms with van der Waals surface area (Å²) in [5, 5.41) is 9.50. The molecular formula is C27H36N2O5S. The molecule has 3 fully saturated rings. The Balaban J connectivity index is 1.82. The van der Waals surface area contributed by atoms with Crippen LogP contribution in [0.1, 0.15) is 37.8 Å². The number of carbonyl (C=O) groups is 3. The van der Waals surface area contributed by atoms with Crippen LogP contribution in [0.15, 0.2) is 30.9 Å². The number of benzene rings is 1. The minimum atomic E-state index is -0.726. The lowest BCUT2D eigenvalue weighted by molar-refractivity contribution is -0.154. The molecule has 3 saturated heterocycles. The number of rotatable bonds is 9. The maximum absolute atomic E-state index is 14.5. The number of esters is 1. The molecule has 0 aliphatic carbocycles. The van der Waals surface area contributed by atoms with Gasteiger partial charge in [0.1, 0.15) is 6.04 Å². The van der Waals surface area contributed by atoms with Gasteiger partial charge in [-0.05, 0) is 56.7 Å². The molecule has 1 aromatic carbocycles. The topological polar surface area (TPSA) is 87.2 Å². The van der Waals surface area contributed by atoms with Crippen molar-refractivity contribution < 1.29 is 24.2 Å². The molecule has 1 spiro atoms. The van der Waals surface area contributed by atoms with E-state index in [9.17, 15) is 19.5 Å². The molecule has 3 aliphatic rings. The molecule has 35 heavy (non-hydrogen) atoms. The van der Waals surface area contributed by atoms with Crippen LogP contribution >= 0.6 is 11.8 Å². The Morgan fingerprint density at radius 3 is 2.77 bits per heavy atom. The van der Waals surface area contributed by atoms with Crippen molar-refractivity contribution in [2.45, 2.75) is 56.6 Å². The van der Waals surface area contributed by atoms with Crippen molar-refractivity contribution in [3.8, 4) is 0 Å². The van der Waals surface area contributed by atoms with E-state index in [1.54, 1.807) is 34.6 Å². The highest BCUT2D eigenvalue weighted by Gasteiger charge is 2.76. The summed E-state index contributed by atoms with van der Waals surface area (Å²) in [5.41, 5.74) is 2.80. The van der Waals surface area contributed by atoms with E-state index in [0.29, 0.717) is 13.0 Å². The minimum absolute atomic E-state index is 0.0400. The van der Waals surface area contributed by atoms with Crippen molar-refractivity contribution in [2.75, 3.05) is 31.2 Å². The third-order valence-electron chi connectivity index (χ3n) is 7.83. The van der Waals surface area contributed by atoms with Gasteiger partial charge in [0.25, 0.3) is 5.91 Å². The summed E-state index contributed by atoms with van der Waals surface area (Å²) >= 11 is 1.64. The Morgan fingerprint density at radius 2 is 2.11 bits per heavy atom. The van der Waals surface area contributed by atoms with Crippen molar-refractivity contribution in [3.05, 3.63) is 42.0 Å². The summed E-state index contributed by atoms with van der Waals surface area (Å²) in [6.07, 6.45) is 2.84. The summed E-state index contributed by atoms with van der Waals surface area (Å²) in [6.45, 7) is 12.5. The van der Waals surface area contributed by atoms with Crippen LogP contribution in [0.5, 0.6) is 0 Å². The van der Waals surface area contributed by atoms with Gasteiger partial charge in [-0.15, -0.1) is 18.3 Å². The molecule has 2 bridgehead atoms. The number of amides is 2. The van der Waals surface area contributed by atoms with Crippen molar-refractivity contribution in [2.24, 2.45) is 17.8 Å². The number of ether oxygens (including phenoxy) is 1. The Morgan fingerprint density at radius 1 is 1.37 bits per heavy atom. The maximum atomic E-state index is 14.5. The van der Waals surface area contributed by atoms with Crippen molar-refractivity contribution in [1.82, 2.24) is 4.90 Å². The molecule has 0 aromatic heterocycles. The van der Waals surface area contributed by atoms with Crippen LogP contribution in [0.4, 0.5) is 5.69 Å². The van der Waals surface area contributed by atoms with Gasteiger partial charge in [-0.2, -0.15) is 0 Å². The normalized spacial score (nSPS) is 30.9. The van der Waals surface area contributed by atoms with Crippen molar-refractivity contribution in [3.63, 3.8) is 0 Å². The predicted molar refractivity (Wildman–Crippen MR) is 137 cm³/mol. The number of aliphatic hydroxyl groups is 1. The van der Waals surface area contributed by atoms with E-state index in [1.165, 1.54) is 0 Å². The first-order valence-electron chi connectivity index (χ1n) is 12.5. The second-order valence-corrected chi connectivity index (χ2v) is 11.5. The second kappa shape index (κ2) is 9.97. The second-order valence-electron chi connectivity index (χ2n) is 9.94. The number of hydrogen-bond donors (Lipinski definition) is 1. The van der Waals surface area contributed by atoms with Gasteiger partial charge in [0, 0.05) is 30.6 Å². The zero-order valence-electron chi connectivity index (χ0n) is 21.0. The molecule has 0 saturated carbocycles. The SMILES string of the molecule is C=CCN(C(=O)C1N(CCCO)C(=O)[C@@H]2[C@@H](C(=O)OCC)[C@H]3CC(C)C12S3)c1cc(C)ccc1C. The third-order valence-corrected chi connectivity index (χ3v) is 9.90. The highest BCUT2D eigenvalue weighted by molar-refractivity contribution is 8.02. The standard InChI is InChI=1S/C27H36N2O5S/c1-6-11-28(19-14-16(3)9-10-17(19)4)25(32)23-27-18(5)15-20(35-27)21(26(33)34-7-2)22(27)24(31)29(23)12-8-13-30/h6,9-10,14,18,20-23,30H,1,7-8,11-13,15H2,2-5H3/t18?,20-,21+,22+,23?,27?/m1/s1. The zero-order chi connectivity index (χ0) is 25.5. The van der Waals surface area contributed by atoms with Crippen LogP contribution in [0.2, 0.25) is 0 Å². The zero-order valence-corrected chi connectivity index (χ0v) is 21.8. The largest absolute Gasteiger partial charge is 0.466 e. The van der Waals surface area contributed by atoms with Gasteiger partial charge in [0.05, 0.1) is 23.2 Å². The number of fused-ring (bicyclic) bond motifs is 1. The molecule has 3 unspecified atom stereocenters. The Kier molecular flexibility index (Phi) is 7.34. The molecule has 1 aromatic rings. The number of aryl methyl sites for hydroxylation is 2. The lowest BCUT2D eigenvalue weighted by Crippen LogP contribution is -2.57. The number of nitrogens with zero attached hydrogens (tertiary/aromatic N) is 2. The number of carbonyl (C=O) groups excluding carboxylic acids is 3. The fourth-order valence-corrected chi connectivity index (χ4v) is 8.78. The van der Waals surface area contributed by atoms with E-state index >= 15 is 0 Å². The van der Waals surface area contributed by atoms with Gasteiger partial charge in [0.2, 0.25) is 5.91 Å². The predicted octanol–water partition coefficient (Wildman–Crippen LogP) is 3.11. The van der Waals surface area contributed by atoms with Crippen LogP contribution < -0.4 is 4.90 Å². The van der Waals surface area contributed by atoms with E-state index in [1.807, 2.05) is 32.0 Å². The maximum Gasteiger partial charge on any atom is 0.310 e. The lowest BCUT2D eigenvalue weighted by Gasteiger charge is -2.40. The number of aliphatic hydroxyl groups excluding tert-OH is 1. The number of anilines is 1. The smallest absolute Gasteiger partial charge is 0.310 e. The van der Waals surface area contributed by atoms with Crippen molar-refractivity contribution in [1.29, 1.82) is 0 Å². The van der Waals surface area contributed by atoms with Crippen LogP contribution in [-0.4, -0.2) is 70.1 Å². The van der Waals surface area contributed by atoms with E-state index in [0.717, 1.165) is 23.2 Å². The monoisotopic (exact) mass is 500 g/mol. The lowest BCUT2D eigenvalue weighted by atomic mass is 9.66. The Labute approximate surface area is 211 Å². The summed E-state index contributed by atoms with van der Waals surface area (Å²) in [7, 11) is 0. The molecule has 3 heterocycles. The van der Waals surface area contributed by atoms with Gasteiger partial charge < -0.3 is 19.6 Å². The summed E-state index contributed by atoms with van der Waals surface area (Å²) in [4.78, 5) is 44.8. The molecule has 3 aliphatic heterocycles.